The molecule has 0 aliphatic rings. The highest BCUT2D eigenvalue weighted by Crippen LogP contribution is 2.24. The van der Waals surface area contributed by atoms with Gasteiger partial charge in [0, 0.05) is 5.69 Å². The van der Waals surface area contributed by atoms with E-state index in [1.54, 1.807) is 12.1 Å². The molecule has 0 amide bonds. The van der Waals surface area contributed by atoms with Crippen LogP contribution in [0.3, 0.4) is 0 Å². The third-order valence-electron chi connectivity index (χ3n) is 2.67. The third-order valence-corrected chi connectivity index (χ3v) is 2.67. The van der Waals surface area contributed by atoms with E-state index >= 15 is 0 Å². The zero-order valence-electron chi connectivity index (χ0n) is 9.47. The molecule has 3 heteroatoms. The van der Waals surface area contributed by atoms with E-state index in [1.165, 1.54) is 5.56 Å². The van der Waals surface area contributed by atoms with Crippen molar-refractivity contribution in [3.8, 4) is 11.1 Å². The van der Waals surface area contributed by atoms with Gasteiger partial charge in [-0.15, -0.1) is 0 Å². The minimum atomic E-state index is -1.00. The summed E-state index contributed by atoms with van der Waals surface area (Å²) in [5.41, 5.74) is 9.05. The standard InChI is InChI=1S/C14H13NO2/c1-9-2-4-10(5-3-9)11-6-7-13(15)12(8-11)14(16)17/h2-8H,15H2,1H3,(H,16,17). The number of rotatable bonds is 2. The van der Waals surface area contributed by atoms with Gasteiger partial charge in [-0.2, -0.15) is 0 Å². The number of carbonyl (C=O) groups is 1. The van der Waals surface area contributed by atoms with Crippen molar-refractivity contribution in [2.75, 3.05) is 5.73 Å². The van der Waals surface area contributed by atoms with Gasteiger partial charge in [-0.05, 0) is 30.2 Å². The Hall–Kier alpha value is -2.29. The molecule has 0 saturated carbocycles. The van der Waals surface area contributed by atoms with Gasteiger partial charge in [0.05, 0.1) is 5.56 Å². The molecular formula is C14H13NO2. The lowest BCUT2D eigenvalue weighted by Crippen LogP contribution is -2.02. The second-order valence-corrected chi connectivity index (χ2v) is 3.97. The maximum atomic E-state index is 11.0. The van der Waals surface area contributed by atoms with Gasteiger partial charge in [0.2, 0.25) is 0 Å². The van der Waals surface area contributed by atoms with Crippen LogP contribution in [0.25, 0.3) is 11.1 Å². The van der Waals surface area contributed by atoms with Crippen LogP contribution in [-0.2, 0) is 0 Å². The highest BCUT2D eigenvalue weighted by Gasteiger charge is 2.09. The average molecular weight is 227 g/mol. The Bertz CT molecular complexity index is 559. The number of nitrogen functional groups attached to an aromatic ring is 1. The van der Waals surface area contributed by atoms with Crippen LogP contribution in [0.4, 0.5) is 5.69 Å². The summed E-state index contributed by atoms with van der Waals surface area (Å²) in [7, 11) is 0. The van der Waals surface area contributed by atoms with Gasteiger partial charge in [-0.3, -0.25) is 0 Å². The van der Waals surface area contributed by atoms with Gasteiger partial charge in [0.1, 0.15) is 0 Å². The summed E-state index contributed by atoms with van der Waals surface area (Å²) in [6, 6.07) is 13.0. The maximum absolute atomic E-state index is 11.0. The van der Waals surface area contributed by atoms with E-state index in [1.807, 2.05) is 37.3 Å². The van der Waals surface area contributed by atoms with Gasteiger partial charge in [-0.1, -0.05) is 35.9 Å². The quantitative estimate of drug-likeness (QED) is 0.775. The Balaban J connectivity index is 2.50. The molecule has 3 N–H and O–H groups in total. The molecule has 2 rings (SSSR count). The molecule has 3 nitrogen and oxygen atoms in total. The number of aryl methyl sites for hydroxylation is 1. The van der Waals surface area contributed by atoms with Crippen LogP contribution in [0.5, 0.6) is 0 Å². The Morgan fingerprint density at radius 1 is 1.06 bits per heavy atom. The fourth-order valence-corrected chi connectivity index (χ4v) is 1.67. The largest absolute Gasteiger partial charge is 0.478 e. The Morgan fingerprint density at radius 3 is 2.24 bits per heavy atom. The van der Waals surface area contributed by atoms with Crippen molar-refractivity contribution in [2.24, 2.45) is 0 Å². The fourth-order valence-electron chi connectivity index (χ4n) is 1.67. The number of carboxylic acids is 1. The topological polar surface area (TPSA) is 63.3 Å². The second kappa shape index (κ2) is 4.29. The van der Waals surface area contributed by atoms with E-state index in [-0.39, 0.29) is 11.3 Å². The Labute approximate surface area is 99.5 Å². The summed E-state index contributed by atoms with van der Waals surface area (Å²) in [5.74, 6) is -1.00. The average Bonchev–Trinajstić information content (AvgIpc) is 2.30. The predicted molar refractivity (Wildman–Crippen MR) is 68.0 cm³/mol. The van der Waals surface area contributed by atoms with E-state index in [2.05, 4.69) is 0 Å². The van der Waals surface area contributed by atoms with Gasteiger partial charge in [0.15, 0.2) is 0 Å². The number of nitrogens with two attached hydrogens (primary N) is 1. The summed E-state index contributed by atoms with van der Waals surface area (Å²) in [6.07, 6.45) is 0. The summed E-state index contributed by atoms with van der Waals surface area (Å²) in [4.78, 5) is 11.0. The lowest BCUT2D eigenvalue weighted by Gasteiger charge is -2.06. The lowest BCUT2D eigenvalue weighted by atomic mass is 10.0. The molecule has 0 spiro atoms. The Kier molecular flexibility index (Phi) is 2.83. The molecular weight excluding hydrogens is 214 g/mol. The van der Waals surface area contributed by atoms with Crippen molar-refractivity contribution in [1.29, 1.82) is 0 Å². The minimum Gasteiger partial charge on any atom is -0.478 e. The molecule has 86 valence electrons. The van der Waals surface area contributed by atoms with Crippen LogP contribution >= 0.6 is 0 Å². The molecule has 0 saturated heterocycles. The number of benzene rings is 2. The molecule has 0 aliphatic heterocycles. The summed E-state index contributed by atoms with van der Waals surface area (Å²) < 4.78 is 0. The number of anilines is 1. The van der Waals surface area contributed by atoms with Crippen LogP contribution in [0, 0.1) is 6.92 Å². The first-order chi connectivity index (χ1) is 8.08. The van der Waals surface area contributed by atoms with Gasteiger partial charge >= 0.3 is 5.97 Å². The van der Waals surface area contributed by atoms with Crippen LogP contribution in [0.1, 0.15) is 15.9 Å². The first-order valence-corrected chi connectivity index (χ1v) is 5.28. The van der Waals surface area contributed by atoms with Crippen molar-refractivity contribution >= 4 is 11.7 Å². The molecule has 0 bridgehead atoms. The minimum absolute atomic E-state index is 0.142. The normalized spacial score (nSPS) is 10.2. The van der Waals surface area contributed by atoms with E-state index in [0.29, 0.717) is 0 Å². The number of hydrogen-bond donors (Lipinski definition) is 2. The first-order valence-electron chi connectivity index (χ1n) is 5.28. The maximum Gasteiger partial charge on any atom is 0.337 e. The van der Waals surface area contributed by atoms with Crippen molar-refractivity contribution in [3.05, 3.63) is 53.6 Å². The number of aromatic carboxylic acids is 1. The molecule has 0 atom stereocenters. The predicted octanol–water partition coefficient (Wildman–Crippen LogP) is 2.94. The molecule has 2 aromatic rings. The fraction of sp³-hybridized carbons (Fsp3) is 0.0714. The monoisotopic (exact) mass is 227 g/mol. The molecule has 0 aromatic heterocycles. The van der Waals surface area contributed by atoms with Crippen LogP contribution in [0.15, 0.2) is 42.5 Å². The summed E-state index contributed by atoms with van der Waals surface area (Å²) in [5, 5.41) is 9.00. The van der Waals surface area contributed by atoms with Crippen LogP contribution < -0.4 is 5.73 Å². The molecule has 17 heavy (non-hydrogen) atoms. The number of hydrogen-bond acceptors (Lipinski definition) is 2. The zero-order valence-corrected chi connectivity index (χ0v) is 9.47. The van der Waals surface area contributed by atoms with Crippen molar-refractivity contribution < 1.29 is 9.90 Å². The number of carboxylic acid groups (broad SMARTS) is 1. The second-order valence-electron chi connectivity index (χ2n) is 3.97. The third kappa shape index (κ3) is 2.28. The summed E-state index contributed by atoms with van der Waals surface area (Å²) in [6.45, 7) is 2.01. The van der Waals surface area contributed by atoms with E-state index in [4.69, 9.17) is 10.8 Å². The van der Waals surface area contributed by atoms with E-state index < -0.39 is 5.97 Å². The molecule has 0 radical (unpaired) electrons. The lowest BCUT2D eigenvalue weighted by molar-refractivity contribution is 0.0698. The first kappa shape index (κ1) is 11.2. The molecule has 0 aliphatic carbocycles. The molecule has 2 aromatic carbocycles. The van der Waals surface area contributed by atoms with Crippen LogP contribution in [-0.4, -0.2) is 11.1 Å². The van der Waals surface area contributed by atoms with E-state index in [0.717, 1.165) is 11.1 Å². The smallest absolute Gasteiger partial charge is 0.337 e. The zero-order chi connectivity index (χ0) is 12.4. The Morgan fingerprint density at radius 2 is 1.65 bits per heavy atom. The highest BCUT2D eigenvalue weighted by molar-refractivity contribution is 5.95. The van der Waals surface area contributed by atoms with E-state index in [9.17, 15) is 4.79 Å². The highest BCUT2D eigenvalue weighted by atomic mass is 16.4. The molecule has 0 heterocycles. The van der Waals surface area contributed by atoms with Gasteiger partial charge in [0.25, 0.3) is 0 Å². The van der Waals surface area contributed by atoms with Crippen molar-refractivity contribution in [3.63, 3.8) is 0 Å². The van der Waals surface area contributed by atoms with Crippen molar-refractivity contribution in [1.82, 2.24) is 0 Å². The summed E-state index contributed by atoms with van der Waals surface area (Å²) >= 11 is 0. The van der Waals surface area contributed by atoms with Crippen molar-refractivity contribution in [2.45, 2.75) is 6.92 Å². The SMILES string of the molecule is Cc1ccc(-c2ccc(N)c(C(=O)O)c2)cc1. The molecule has 0 unspecified atom stereocenters. The molecule has 0 fully saturated rings. The van der Waals surface area contributed by atoms with Crippen LogP contribution in [0.2, 0.25) is 0 Å². The van der Waals surface area contributed by atoms with Gasteiger partial charge < -0.3 is 10.8 Å². The van der Waals surface area contributed by atoms with Gasteiger partial charge in [-0.25, -0.2) is 4.79 Å².